The van der Waals surface area contributed by atoms with E-state index < -0.39 is 77.3 Å². The first-order valence-electron chi connectivity index (χ1n) is 16.8. The van der Waals surface area contributed by atoms with Crippen LogP contribution in [0, 0.1) is 35.5 Å². The molecule has 282 valence electrons. The molecule has 2 aromatic carbocycles. The smallest absolute Gasteiger partial charge is 0.302 e. The minimum atomic E-state index is -1.87. The number of phenolic OH excluding ortho intramolecular Hbond substituents is 2. The van der Waals surface area contributed by atoms with E-state index in [0.29, 0.717) is 0 Å². The Hall–Kier alpha value is -4.99. The maximum Gasteiger partial charge on any atom is 0.302 e. The lowest BCUT2D eigenvalue weighted by Crippen LogP contribution is -2.46. The van der Waals surface area contributed by atoms with Crippen LogP contribution in [0.15, 0.2) is 52.5 Å². The molecule has 3 aliphatic rings. The van der Waals surface area contributed by atoms with Crippen LogP contribution < -0.4 is 10.1 Å². The summed E-state index contributed by atoms with van der Waals surface area (Å²) >= 11 is 0. The zero-order valence-corrected chi connectivity index (χ0v) is 30.6. The van der Waals surface area contributed by atoms with E-state index in [0.717, 1.165) is 6.07 Å². The van der Waals surface area contributed by atoms with E-state index in [2.05, 4.69) is 15.6 Å². The Labute approximate surface area is 301 Å². The summed E-state index contributed by atoms with van der Waals surface area (Å²) in [6, 6.07) is 1.11. The summed E-state index contributed by atoms with van der Waals surface area (Å²) in [6.45, 7) is 12.5. The van der Waals surface area contributed by atoms with E-state index in [1.165, 1.54) is 53.2 Å². The number of carbonyl (C=O) groups excluding carboxylic acids is 2. The summed E-state index contributed by atoms with van der Waals surface area (Å²) in [5.74, 6) is -6.66. The first-order valence-corrected chi connectivity index (χ1v) is 16.8. The van der Waals surface area contributed by atoms with Crippen molar-refractivity contribution in [3.05, 3.63) is 58.2 Å². The van der Waals surface area contributed by atoms with Crippen molar-refractivity contribution in [2.24, 2.45) is 34.0 Å². The van der Waals surface area contributed by atoms with Crippen LogP contribution in [0.2, 0.25) is 0 Å². The number of fused-ring (bicyclic) bond motifs is 14. The number of aromatic hydroxyl groups is 2. The van der Waals surface area contributed by atoms with E-state index in [4.69, 9.17) is 18.9 Å². The average molecular weight is 726 g/mol. The Balaban J connectivity index is 1.93. The molecule has 0 saturated heterocycles. The zero-order chi connectivity index (χ0) is 38.8. The molecule has 0 fully saturated rings. The highest BCUT2D eigenvalue weighted by Crippen LogP contribution is 2.54. The molecule has 52 heavy (non-hydrogen) atoms. The maximum atomic E-state index is 13.2. The summed E-state index contributed by atoms with van der Waals surface area (Å²) in [6.07, 6.45) is 3.60. The number of methoxy groups -OCH3 is 1. The number of aliphatic hydroxyl groups is 2. The third-order valence-electron chi connectivity index (χ3n) is 10.1. The van der Waals surface area contributed by atoms with Crippen LogP contribution in [-0.2, 0) is 23.8 Å². The molecule has 0 spiro atoms. The average Bonchev–Trinajstić information content (AvgIpc) is 3.41. The van der Waals surface area contributed by atoms with Crippen LogP contribution in [-0.4, -0.2) is 80.5 Å². The van der Waals surface area contributed by atoms with Crippen molar-refractivity contribution in [2.45, 2.75) is 85.6 Å². The molecular formula is C37H47N3O12. The van der Waals surface area contributed by atoms with Gasteiger partial charge in [-0.15, -0.1) is 4.91 Å². The van der Waals surface area contributed by atoms with Gasteiger partial charge in [0.2, 0.25) is 0 Å². The fourth-order valence-corrected chi connectivity index (χ4v) is 6.88. The number of nitroso groups, excluding NO2 is 1. The van der Waals surface area contributed by atoms with Crippen LogP contribution >= 0.6 is 0 Å². The van der Waals surface area contributed by atoms with Gasteiger partial charge in [0.1, 0.15) is 23.3 Å². The van der Waals surface area contributed by atoms with Gasteiger partial charge in [0.05, 0.1) is 41.2 Å². The van der Waals surface area contributed by atoms with Gasteiger partial charge in [0.15, 0.2) is 11.5 Å². The number of rotatable bonds is 3. The highest BCUT2D eigenvalue weighted by Gasteiger charge is 2.48. The maximum absolute atomic E-state index is 13.2. The molecule has 0 aliphatic carbocycles. The van der Waals surface area contributed by atoms with Gasteiger partial charge in [0.25, 0.3) is 11.7 Å². The van der Waals surface area contributed by atoms with E-state index in [1.807, 2.05) is 0 Å². The number of amides is 1. The molecule has 15 heteroatoms. The van der Waals surface area contributed by atoms with Gasteiger partial charge in [-0.3, -0.25) is 9.59 Å². The number of ether oxygens (including phenoxy) is 4. The number of benzene rings is 2. The van der Waals surface area contributed by atoms with Crippen LogP contribution in [0.1, 0.15) is 59.6 Å². The molecular weight excluding hydrogens is 678 g/mol. The number of oxime groups is 1. The summed E-state index contributed by atoms with van der Waals surface area (Å²) in [4.78, 5) is 37.7. The van der Waals surface area contributed by atoms with Crippen molar-refractivity contribution in [1.82, 2.24) is 0 Å². The Morgan fingerprint density at radius 1 is 1.00 bits per heavy atom. The predicted octanol–water partition coefficient (Wildman–Crippen LogP) is 5.44. The van der Waals surface area contributed by atoms with Gasteiger partial charge in [-0.05, 0) is 31.2 Å². The molecule has 2 aromatic rings. The molecule has 3 aliphatic heterocycles. The second kappa shape index (κ2) is 15.7. The Bertz CT molecular complexity index is 1850. The fourth-order valence-electron chi connectivity index (χ4n) is 6.88. The van der Waals surface area contributed by atoms with Crippen LogP contribution in [0.3, 0.4) is 0 Å². The molecule has 1 amide bonds. The van der Waals surface area contributed by atoms with Gasteiger partial charge in [0, 0.05) is 61.2 Å². The third-order valence-corrected chi connectivity index (χ3v) is 10.1. The van der Waals surface area contributed by atoms with E-state index in [9.17, 15) is 40.1 Å². The van der Waals surface area contributed by atoms with Crippen LogP contribution in [0.25, 0.3) is 10.8 Å². The molecule has 0 aromatic heterocycles. The molecule has 5 bridgehead atoms. The third kappa shape index (κ3) is 7.34. The lowest BCUT2D eigenvalue weighted by molar-refractivity contribution is -0.160. The summed E-state index contributed by atoms with van der Waals surface area (Å²) in [7, 11) is 1.43. The number of carbonyl (C=O) groups is 2. The largest absolute Gasteiger partial charge is 0.507 e. The lowest BCUT2D eigenvalue weighted by Gasteiger charge is -2.38. The number of esters is 1. The first-order chi connectivity index (χ1) is 24.4. The van der Waals surface area contributed by atoms with Crippen molar-refractivity contribution in [3.8, 4) is 17.2 Å². The molecule has 9 atom stereocenters. The van der Waals surface area contributed by atoms with Gasteiger partial charge in [-0.25, -0.2) is 0 Å². The minimum absolute atomic E-state index is 0.00182. The highest BCUT2D eigenvalue weighted by atomic mass is 16.7. The van der Waals surface area contributed by atoms with Gasteiger partial charge >= 0.3 is 5.97 Å². The number of hydrogen-bond donors (Lipinski definition) is 6. The predicted molar refractivity (Wildman–Crippen MR) is 192 cm³/mol. The SMILES string of the molecule is CO[C@H]1/C=C/O[C@@]2(C)Oc3c(C)c(O)c4c(O)c(cc(N=O)c4c3/C2=N/O)NC(=O)/C(C)=C\C=C\[C@@H](C)[C@@H](O)[C@@H](C)[C@H](O)[C@@H](C)[C@H](OC(C)=O)[C@@H]1C. The Morgan fingerprint density at radius 3 is 2.27 bits per heavy atom. The number of aliphatic hydroxyl groups excluding tert-OH is 2. The zero-order valence-electron chi connectivity index (χ0n) is 30.6. The molecule has 3 heterocycles. The quantitative estimate of drug-likeness (QED) is 0.0765. The Kier molecular flexibility index (Phi) is 12.0. The van der Waals surface area contributed by atoms with Crippen molar-refractivity contribution in [2.75, 3.05) is 12.4 Å². The van der Waals surface area contributed by atoms with Gasteiger partial charge in [-0.1, -0.05) is 51.1 Å². The number of nitrogens with one attached hydrogen (secondary N) is 1. The van der Waals surface area contributed by atoms with Crippen molar-refractivity contribution >= 4 is 39.7 Å². The lowest BCUT2D eigenvalue weighted by atomic mass is 9.78. The normalized spacial score (nSPS) is 33.1. The second-order valence-corrected chi connectivity index (χ2v) is 13.6. The van der Waals surface area contributed by atoms with Gasteiger partial charge < -0.3 is 49.9 Å². The number of hydrogen-bond acceptors (Lipinski definition) is 14. The monoisotopic (exact) mass is 725 g/mol. The Morgan fingerprint density at radius 2 is 1.67 bits per heavy atom. The van der Waals surface area contributed by atoms with E-state index >= 15 is 0 Å². The summed E-state index contributed by atoms with van der Waals surface area (Å²) in [5, 5.41) is 64.3. The standard InChI is InChI=1S/C37H47N3O12/c1-16-11-10-12-17(2)36(46)38-24-15-23(39-47)26-27(32(24)45)31(44)21(6)34-28(26)35(40-48)37(8,52-34)50-14-13-25(49-9)18(3)33(51-22(7)41)20(5)30(43)19(4)29(16)42/h10-16,18-20,25,29-30,33,42-45,48H,1-9H3,(H,38,46)/b11-10+,14-13+,17-12-,40-35-/t16-,18-,19-,20-,25+,29-,30+,33-,37+/m1/s1. The molecule has 0 saturated carbocycles. The molecule has 0 unspecified atom stereocenters. The molecule has 0 radical (unpaired) electrons. The summed E-state index contributed by atoms with van der Waals surface area (Å²) < 4.78 is 23.6. The first kappa shape index (κ1) is 39.8. The van der Waals surface area contributed by atoms with Crippen LogP contribution in [0.5, 0.6) is 17.2 Å². The minimum Gasteiger partial charge on any atom is -0.507 e. The van der Waals surface area contributed by atoms with E-state index in [-0.39, 0.29) is 50.3 Å². The molecule has 15 nitrogen and oxygen atoms in total. The summed E-state index contributed by atoms with van der Waals surface area (Å²) in [5.41, 5.74) is -0.523. The fraction of sp³-hybridized carbons (Fsp3) is 0.486. The van der Waals surface area contributed by atoms with Crippen LogP contribution in [0.4, 0.5) is 11.4 Å². The number of phenols is 2. The van der Waals surface area contributed by atoms with Gasteiger partial charge in [-0.2, -0.15) is 0 Å². The molecule has 5 rings (SSSR count). The van der Waals surface area contributed by atoms with Crippen molar-refractivity contribution in [1.29, 1.82) is 0 Å². The number of anilines is 1. The van der Waals surface area contributed by atoms with Crippen molar-refractivity contribution < 1.29 is 54.2 Å². The molecule has 6 N–H and O–H groups in total. The number of allylic oxidation sites excluding steroid dienone is 2. The second-order valence-electron chi connectivity index (χ2n) is 13.6. The van der Waals surface area contributed by atoms with E-state index in [1.54, 1.807) is 39.8 Å². The number of nitrogens with zero attached hydrogens (tertiary/aromatic N) is 2. The van der Waals surface area contributed by atoms with Crippen molar-refractivity contribution in [3.63, 3.8) is 0 Å². The highest BCUT2D eigenvalue weighted by molar-refractivity contribution is 6.24. The topological polar surface area (TPSA) is 226 Å².